The zero-order valence-electron chi connectivity index (χ0n) is 10.8. The van der Waals surface area contributed by atoms with Crippen molar-refractivity contribution in [1.82, 2.24) is 0 Å². The minimum absolute atomic E-state index is 0.308. The number of carbonyl (C=O) groups is 1. The van der Waals surface area contributed by atoms with Crippen LogP contribution in [-0.2, 0) is 0 Å². The Balaban J connectivity index is 2.81. The number of hydrogen-bond donors (Lipinski definition) is 0. The van der Waals surface area contributed by atoms with E-state index >= 15 is 0 Å². The molecule has 1 aromatic carbocycles. The van der Waals surface area contributed by atoms with Crippen LogP contribution in [-0.4, -0.2) is 23.4 Å². The van der Waals surface area contributed by atoms with E-state index in [0.717, 1.165) is 0 Å². The fourth-order valence-corrected chi connectivity index (χ4v) is 2.00. The van der Waals surface area contributed by atoms with Crippen LogP contribution in [0.25, 0.3) is 0 Å². The SMILES string of the molecule is Cc1ccccc1C(=O)CC(C[N+](=O)[O-])CC(F)(F)F. The lowest BCUT2D eigenvalue weighted by Crippen LogP contribution is -2.24. The van der Waals surface area contributed by atoms with Crippen LogP contribution in [0.15, 0.2) is 24.3 Å². The molecule has 110 valence electrons. The highest BCUT2D eigenvalue weighted by atomic mass is 19.4. The average molecular weight is 289 g/mol. The van der Waals surface area contributed by atoms with E-state index in [1.54, 1.807) is 25.1 Å². The minimum atomic E-state index is -4.52. The van der Waals surface area contributed by atoms with Gasteiger partial charge in [0.25, 0.3) is 0 Å². The maximum Gasteiger partial charge on any atom is 0.389 e. The van der Waals surface area contributed by atoms with Gasteiger partial charge < -0.3 is 0 Å². The molecule has 0 radical (unpaired) electrons. The number of benzene rings is 1. The zero-order chi connectivity index (χ0) is 15.3. The van der Waals surface area contributed by atoms with Gasteiger partial charge in [-0.25, -0.2) is 0 Å². The summed E-state index contributed by atoms with van der Waals surface area (Å²) >= 11 is 0. The smallest absolute Gasteiger partial charge is 0.294 e. The van der Waals surface area contributed by atoms with E-state index in [-0.39, 0.29) is 0 Å². The second-order valence-electron chi connectivity index (χ2n) is 4.64. The highest BCUT2D eigenvalue weighted by molar-refractivity contribution is 5.97. The molecule has 0 heterocycles. The molecule has 1 aromatic rings. The number of rotatable bonds is 6. The molecule has 0 fully saturated rings. The number of nitrogens with zero attached hydrogens (tertiary/aromatic N) is 1. The van der Waals surface area contributed by atoms with Crippen LogP contribution in [0.2, 0.25) is 0 Å². The van der Waals surface area contributed by atoms with Crippen LogP contribution in [0.3, 0.4) is 0 Å². The van der Waals surface area contributed by atoms with Crippen LogP contribution in [0.4, 0.5) is 13.2 Å². The van der Waals surface area contributed by atoms with Crippen molar-refractivity contribution in [3.8, 4) is 0 Å². The molecule has 0 aliphatic carbocycles. The number of nitro groups is 1. The van der Waals surface area contributed by atoms with E-state index in [1.807, 2.05) is 0 Å². The predicted molar refractivity (Wildman–Crippen MR) is 66.1 cm³/mol. The Labute approximate surface area is 113 Å². The zero-order valence-corrected chi connectivity index (χ0v) is 10.8. The Hall–Kier alpha value is -1.92. The summed E-state index contributed by atoms with van der Waals surface area (Å²) < 4.78 is 37.1. The number of alkyl halides is 3. The van der Waals surface area contributed by atoms with Crippen LogP contribution >= 0.6 is 0 Å². The largest absolute Gasteiger partial charge is 0.389 e. The third-order valence-corrected chi connectivity index (χ3v) is 2.85. The van der Waals surface area contributed by atoms with E-state index in [9.17, 15) is 28.1 Å². The summed E-state index contributed by atoms with van der Waals surface area (Å²) in [5.74, 6) is -1.84. The van der Waals surface area contributed by atoms with Crippen LogP contribution in [0, 0.1) is 23.0 Å². The second-order valence-corrected chi connectivity index (χ2v) is 4.64. The normalized spacial score (nSPS) is 13.0. The molecule has 7 heteroatoms. The van der Waals surface area contributed by atoms with Gasteiger partial charge in [-0.2, -0.15) is 13.2 Å². The maximum atomic E-state index is 12.4. The van der Waals surface area contributed by atoms with Gasteiger partial charge in [0.05, 0.1) is 6.42 Å². The minimum Gasteiger partial charge on any atom is -0.294 e. The molecule has 0 aliphatic heterocycles. The number of halogens is 3. The molecular formula is C13H14F3NO3. The number of Topliss-reactive ketones (excluding diaryl/α,β-unsaturated/α-hetero) is 1. The topological polar surface area (TPSA) is 60.2 Å². The van der Waals surface area contributed by atoms with Crippen molar-refractivity contribution in [1.29, 1.82) is 0 Å². The fourth-order valence-electron chi connectivity index (χ4n) is 2.00. The fraction of sp³-hybridized carbons (Fsp3) is 0.462. The first-order valence-electron chi connectivity index (χ1n) is 5.96. The molecule has 0 spiro atoms. The summed E-state index contributed by atoms with van der Waals surface area (Å²) in [6, 6.07) is 6.48. The van der Waals surface area contributed by atoms with Crippen molar-refractivity contribution in [3.05, 3.63) is 45.5 Å². The van der Waals surface area contributed by atoms with E-state index in [1.165, 1.54) is 6.07 Å². The van der Waals surface area contributed by atoms with Gasteiger partial charge in [0, 0.05) is 22.8 Å². The lowest BCUT2D eigenvalue weighted by molar-refractivity contribution is -0.489. The predicted octanol–water partition coefficient (Wildman–Crippen LogP) is 3.41. The third kappa shape index (κ3) is 5.38. The number of aryl methyl sites for hydroxylation is 1. The maximum absolute atomic E-state index is 12.4. The van der Waals surface area contributed by atoms with Gasteiger partial charge in [-0.1, -0.05) is 24.3 Å². The van der Waals surface area contributed by atoms with E-state index in [2.05, 4.69) is 0 Å². The van der Waals surface area contributed by atoms with Gasteiger partial charge >= 0.3 is 6.18 Å². The van der Waals surface area contributed by atoms with Crippen molar-refractivity contribution in [3.63, 3.8) is 0 Å². The molecule has 0 saturated heterocycles. The van der Waals surface area contributed by atoms with Gasteiger partial charge in [-0.05, 0) is 12.5 Å². The Morgan fingerprint density at radius 2 is 1.95 bits per heavy atom. The number of ketones is 1. The van der Waals surface area contributed by atoms with Crippen LogP contribution in [0.1, 0.15) is 28.8 Å². The molecular weight excluding hydrogens is 275 g/mol. The quantitative estimate of drug-likeness (QED) is 0.458. The van der Waals surface area contributed by atoms with Crippen molar-refractivity contribution >= 4 is 5.78 Å². The van der Waals surface area contributed by atoms with Gasteiger partial charge in [0.2, 0.25) is 6.54 Å². The van der Waals surface area contributed by atoms with Crippen molar-refractivity contribution in [2.75, 3.05) is 6.54 Å². The second kappa shape index (κ2) is 6.49. The molecule has 0 saturated carbocycles. The van der Waals surface area contributed by atoms with Crippen molar-refractivity contribution < 1.29 is 22.9 Å². The first kappa shape index (κ1) is 16.1. The number of carbonyl (C=O) groups excluding carboxylic acids is 1. The van der Waals surface area contributed by atoms with E-state index < -0.39 is 42.2 Å². The average Bonchev–Trinajstić information content (AvgIpc) is 2.25. The molecule has 1 unspecified atom stereocenters. The van der Waals surface area contributed by atoms with E-state index in [0.29, 0.717) is 11.1 Å². The number of hydrogen-bond acceptors (Lipinski definition) is 3. The molecule has 4 nitrogen and oxygen atoms in total. The van der Waals surface area contributed by atoms with Gasteiger partial charge in [0.1, 0.15) is 0 Å². The highest BCUT2D eigenvalue weighted by Gasteiger charge is 2.35. The molecule has 20 heavy (non-hydrogen) atoms. The molecule has 0 aromatic heterocycles. The molecule has 0 N–H and O–H groups in total. The molecule has 1 rings (SSSR count). The lowest BCUT2D eigenvalue weighted by Gasteiger charge is -2.15. The Morgan fingerprint density at radius 3 is 2.45 bits per heavy atom. The lowest BCUT2D eigenvalue weighted by atomic mass is 9.93. The monoisotopic (exact) mass is 289 g/mol. The first-order chi connectivity index (χ1) is 9.19. The van der Waals surface area contributed by atoms with Crippen LogP contribution < -0.4 is 0 Å². The molecule has 0 bridgehead atoms. The molecule has 0 aliphatic rings. The standard InChI is InChI=1S/C13H14F3NO3/c1-9-4-2-3-5-11(9)12(18)6-10(8-17(19)20)7-13(14,15)16/h2-5,10H,6-8H2,1H3. The Morgan fingerprint density at radius 1 is 1.35 bits per heavy atom. The highest BCUT2D eigenvalue weighted by Crippen LogP contribution is 2.28. The molecule has 1 atom stereocenters. The summed E-state index contributed by atoms with van der Waals surface area (Å²) in [6.07, 6.45) is -6.33. The summed E-state index contributed by atoms with van der Waals surface area (Å²) in [5.41, 5.74) is 0.951. The summed E-state index contributed by atoms with van der Waals surface area (Å²) in [5, 5.41) is 10.4. The third-order valence-electron chi connectivity index (χ3n) is 2.85. The summed E-state index contributed by atoms with van der Waals surface area (Å²) in [4.78, 5) is 21.5. The van der Waals surface area contributed by atoms with Gasteiger partial charge in [0.15, 0.2) is 5.78 Å². The molecule has 0 amide bonds. The Bertz CT molecular complexity index is 500. The summed E-state index contributed by atoms with van der Waals surface area (Å²) in [7, 11) is 0. The van der Waals surface area contributed by atoms with E-state index in [4.69, 9.17) is 0 Å². The van der Waals surface area contributed by atoms with Crippen molar-refractivity contribution in [2.24, 2.45) is 5.92 Å². The summed E-state index contributed by atoms with van der Waals surface area (Å²) in [6.45, 7) is 0.802. The van der Waals surface area contributed by atoms with Crippen molar-refractivity contribution in [2.45, 2.75) is 25.9 Å². The van der Waals surface area contributed by atoms with Crippen LogP contribution in [0.5, 0.6) is 0 Å². The Kier molecular flexibility index (Phi) is 5.24. The first-order valence-corrected chi connectivity index (χ1v) is 5.96. The van der Waals surface area contributed by atoms with Gasteiger partial charge in [-0.3, -0.25) is 14.9 Å². The van der Waals surface area contributed by atoms with Gasteiger partial charge in [-0.15, -0.1) is 0 Å².